The van der Waals surface area contributed by atoms with Crippen LogP contribution in [-0.2, 0) is 6.18 Å². The number of carbonyl (C=O) groups excluding carboxylic acids is 3. The summed E-state index contributed by atoms with van der Waals surface area (Å²) in [6.07, 6.45) is -0.0583. The lowest BCUT2D eigenvalue weighted by Crippen LogP contribution is -2.40. The topological polar surface area (TPSA) is 78.5 Å². The summed E-state index contributed by atoms with van der Waals surface area (Å²) in [7, 11) is 0. The van der Waals surface area contributed by atoms with Gasteiger partial charge in [-0.15, -0.1) is 0 Å². The zero-order chi connectivity index (χ0) is 22.2. The number of benzene rings is 2. The summed E-state index contributed by atoms with van der Waals surface area (Å²) in [5.74, 6) is -0.750. The zero-order valence-corrected chi connectivity index (χ0v) is 16.5. The van der Waals surface area contributed by atoms with Crippen LogP contribution in [0.5, 0.6) is 0 Å². The Morgan fingerprint density at radius 1 is 0.903 bits per heavy atom. The maximum atomic E-state index is 13.1. The van der Waals surface area contributed by atoms with Crippen molar-refractivity contribution in [3.8, 4) is 0 Å². The predicted octanol–water partition coefficient (Wildman–Crippen LogP) is 5.28. The number of hydrogen-bond acceptors (Lipinski definition) is 3. The lowest BCUT2D eigenvalue weighted by atomic mass is 9.94. The van der Waals surface area contributed by atoms with Gasteiger partial charge in [0.25, 0.3) is 11.8 Å². The summed E-state index contributed by atoms with van der Waals surface area (Å²) >= 11 is 0. The molecule has 2 N–H and O–H groups in total. The molecule has 1 aliphatic carbocycles. The standard InChI is InChI=1S/C22H20F3N3O3/c23-22(24,25)17-8-4-5-9-18(17)27-21(31)26-13-10-11-15-16(12-13)20(30)28(19(15)29)14-6-2-1-3-7-14/h4-5,8-12,14H,1-3,6-7H2,(H2,26,27,31). The zero-order valence-electron chi connectivity index (χ0n) is 16.5. The van der Waals surface area contributed by atoms with Crippen molar-refractivity contribution in [3.63, 3.8) is 0 Å². The molecule has 2 aromatic carbocycles. The van der Waals surface area contributed by atoms with Gasteiger partial charge >= 0.3 is 12.2 Å². The summed E-state index contributed by atoms with van der Waals surface area (Å²) in [5, 5.41) is 4.61. The van der Waals surface area contributed by atoms with Crippen LogP contribution in [0.1, 0.15) is 58.4 Å². The van der Waals surface area contributed by atoms with E-state index in [1.54, 1.807) is 0 Å². The summed E-state index contributed by atoms with van der Waals surface area (Å²) in [4.78, 5) is 39.1. The molecule has 6 nitrogen and oxygen atoms in total. The Balaban J connectivity index is 1.50. The van der Waals surface area contributed by atoms with E-state index in [0.717, 1.165) is 44.2 Å². The van der Waals surface area contributed by atoms with Crippen molar-refractivity contribution in [2.45, 2.75) is 44.3 Å². The summed E-state index contributed by atoms with van der Waals surface area (Å²) < 4.78 is 39.3. The van der Waals surface area contributed by atoms with Gasteiger partial charge < -0.3 is 10.6 Å². The Bertz CT molecular complexity index is 1050. The largest absolute Gasteiger partial charge is 0.418 e. The Morgan fingerprint density at radius 3 is 2.29 bits per heavy atom. The average molecular weight is 431 g/mol. The van der Waals surface area contributed by atoms with Crippen LogP contribution in [0.25, 0.3) is 0 Å². The number of carbonyl (C=O) groups is 3. The van der Waals surface area contributed by atoms with Gasteiger partial charge in [0.1, 0.15) is 0 Å². The molecular formula is C22H20F3N3O3. The predicted molar refractivity (Wildman–Crippen MR) is 108 cm³/mol. The van der Waals surface area contributed by atoms with Gasteiger partial charge in [-0.3, -0.25) is 14.5 Å². The van der Waals surface area contributed by atoms with Gasteiger partial charge in [0, 0.05) is 11.7 Å². The summed E-state index contributed by atoms with van der Waals surface area (Å²) in [6, 6.07) is 7.90. The fourth-order valence-corrected chi connectivity index (χ4v) is 4.13. The van der Waals surface area contributed by atoms with Crippen LogP contribution in [0.15, 0.2) is 42.5 Å². The molecule has 1 aliphatic heterocycles. The third-order valence-corrected chi connectivity index (χ3v) is 5.60. The van der Waals surface area contributed by atoms with Crippen molar-refractivity contribution in [3.05, 3.63) is 59.2 Å². The van der Waals surface area contributed by atoms with Crippen molar-refractivity contribution in [2.75, 3.05) is 10.6 Å². The number of nitrogens with zero attached hydrogens (tertiary/aromatic N) is 1. The molecule has 0 aromatic heterocycles. The number of fused-ring (bicyclic) bond motifs is 1. The van der Waals surface area contributed by atoms with E-state index in [0.29, 0.717) is 0 Å². The lowest BCUT2D eigenvalue weighted by molar-refractivity contribution is -0.136. The normalized spacial score (nSPS) is 16.9. The monoisotopic (exact) mass is 431 g/mol. The van der Waals surface area contributed by atoms with Crippen molar-refractivity contribution in [1.82, 2.24) is 4.90 Å². The minimum Gasteiger partial charge on any atom is -0.308 e. The van der Waals surface area contributed by atoms with E-state index in [9.17, 15) is 27.6 Å². The highest BCUT2D eigenvalue weighted by Crippen LogP contribution is 2.35. The van der Waals surface area contributed by atoms with E-state index < -0.39 is 23.7 Å². The number of nitrogens with one attached hydrogen (secondary N) is 2. The second-order valence-corrected chi connectivity index (χ2v) is 7.65. The van der Waals surface area contributed by atoms with Crippen LogP contribution in [0, 0.1) is 0 Å². The smallest absolute Gasteiger partial charge is 0.308 e. The first kappa shape index (κ1) is 20.9. The number of alkyl halides is 3. The van der Waals surface area contributed by atoms with Gasteiger partial charge in [-0.25, -0.2) is 4.79 Å². The van der Waals surface area contributed by atoms with Crippen molar-refractivity contribution in [1.29, 1.82) is 0 Å². The molecule has 1 fully saturated rings. The molecule has 31 heavy (non-hydrogen) atoms. The molecule has 1 saturated carbocycles. The minimum absolute atomic E-state index is 0.125. The third-order valence-electron chi connectivity index (χ3n) is 5.60. The Kier molecular flexibility index (Phi) is 5.43. The highest BCUT2D eigenvalue weighted by molar-refractivity contribution is 6.22. The quantitative estimate of drug-likeness (QED) is 0.649. The van der Waals surface area contributed by atoms with Crippen molar-refractivity contribution < 1.29 is 27.6 Å². The van der Waals surface area contributed by atoms with Crippen LogP contribution in [0.4, 0.5) is 29.3 Å². The maximum absolute atomic E-state index is 13.1. The van der Waals surface area contributed by atoms with Crippen LogP contribution in [0.2, 0.25) is 0 Å². The molecule has 2 aliphatic rings. The molecule has 0 saturated heterocycles. The SMILES string of the molecule is O=C(Nc1ccc2c(c1)C(=O)N(C1CCCCC1)C2=O)Nc1ccccc1C(F)(F)F. The number of urea groups is 1. The maximum Gasteiger partial charge on any atom is 0.418 e. The van der Waals surface area contributed by atoms with Gasteiger partial charge in [-0.1, -0.05) is 31.4 Å². The molecule has 0 unspecified atom stereocenters. The average Bonchev–Trinajstić information content (AvgIpc) is 2.98. The first-order valence-corrected chi connectivity index (χ1v) is 10.0. The summed E-state index contributed by atoms with van der Waals surface area (Å²) in [5.41, 5.74) is -0.702. The molecule has 9 heteroatoms. The third kappa shape index (κ3) is 4.12. The number of hydrogen-bond donors (Lipinski definition) is 2. The number of rotatable bonds is 3. The van der Waals surface area contributed by atoms with E-state index in [1.807, 2.05) is 0 Å². The van der Waals surface area contributed by atoms with Gasteiger partial charge in [-0.2, -0.15) is 13.2 Å². The number of amides is 4. The van der Waals surface area contributed by atoms with E-state index in [4.69, 9.17) is 0 Å². The second-order valence-electron chi connectivity index (χ2n) is 7.65. The number of halogens is 3. The number of imide groups is 1. The molecule has 2 aromatic rings. The van der Waals surface area contributed by atoms with Gasteiger partial charge in [-0.05, 0) is 43.2 Å². The van der Waals surface area contributed by atoms with Crippen LogP contribution in [0.3, 0.4) is 0 Å². The minimum atomic E-state index is -4.62. The van der Waals surface area contributed by atoms with Crippen LogP contribution < -0.4 is 10.6 Å². The van der Waals surface area contributed by atoms with Crippen molar-refractivity contribution in [2.24, 2.45) is 0 Å². The molecule has 0 radical (unpaired) electrons. The van der Waals surface area contributed by atoms with E-state index in [-0.39, 0.29) is 34.5 Å². The van der Waals surface area contributed by atoms with Gasteiger partial charge in [0.15, 0.2) is 0 Å². The Morgan fingerprint density at radius 2 is 1.58 bits per heavy atom. The first-order chi connectivity index (χ1) is 14.8. The molecule has 0 bridgehead atoms. The molecular weight excluding hydrogens is 411 g/mol. The van der Waals surface area contributed by atoms with E-state index >= 15 is 0 Å². The fourth-order valence-electron chi connectivity index (χ4n) is 4.13. The van der Waals surface area contributed by atoms with Gasteiger partial charge in [0.2, 0.25) is 0 Å². The molecule has 0 spiro atoms. The van der Waals surface area contributed by atoms with Crippen LogP contribution >= 0.6 is 0 Å². The van der Waals surface area contributed by atoms with Crippen molar-refractivity contribution >= 4 is 29.2 Å². The van der Waals surface area contributed by atoms with Crippen LogP contribution in [-0.4, -0.2) is 28.8 Å². The number of anilines is 2. The van der Waals surface area contributed by atoms with E-state index in [1.165, 1.54) is 35.2 Å². The van der Waals surface area contributed by atoms with Gasteiger partial charge in [0.05, 0.1) is 22.4 Å². The van der Waals surface area contributed by atoms with E-state index in [2.05, 4.69) is 10.6 Å². The Labute approximate surface area is 176 Å². The molecule has 1 heterocycles. The number of para-hydroxylation sites is 1. The molecule has 0 atom stereocenters. The summed E-state index contributed by atoms with van der Waals surface area (Å²) in [6.45, 7) is 0. The highest BCUT2D eigenvalue weighted by atomic mass is 19.4. The second kappa shape index (κ2) is 8.05. The highest BCUT2D eigenvalue weighted by Gasteiger charge is 2.40. The molecule has 162 valence electrons. The Hall–Kier alpha value is -3.36. The molecule has 4 rings (SSSR count). The fraction of sp³-hybridized carbons (Fsp3) is 0.318. The first-order valence-electron chi connectivity index (χ1n) is 10.0. The lowest BCUT2D eigenvalue weighted by Gasteiger charge is -2.29. The molecule has 4 amide bonds.